The smallest absolute Gasteiger partial charge is 0.305 e. The Kier molecular flexibility index (Phi) is 32.5. The van der Waals surface area contributed by atoms with E-state index in [1.807, 2.05) is 27.2 Å². The van der Waals surface area contributed by atoms with Crippen molar-refractivity contribution >= 4 is 13.8 Å². The molecule has 1 aliphatic heterocycles. The average molecular weight is 808 g/mol. The van der Waals surface area contributed by atoms with Crippen molar-refractivity contribution in [2.75, 3.05) is 47.5 Å². The van der Waals surface area contributed by atoms with Crippen molar-refractivity contribution in [1.29, 1.82) is 0 Å². The normalized spacial score (nSPS) is 17.9. The molecule has 0 aliphatic carbocycles. The Labute approximate surface area is 343 Å². The summed E-state index contributed by atoms with van der Waals surface area (Å²) in [6.07, 6.45) is 46.6. The molecule has 0 aromatic rings. The van der Waals surface area contributed by atoms with Gasteiger partial charge in [-0.25, -0.2) is 0 Å². The molecule has 0 aromatic heterocycles. The number of carbonyl (C=O) groups is 1. The number of unbranched alkanes of at least 4 members (excludes halogenated alkanes) is 14. The van der Waals surface area contributed by atoms with Gasteiger partial charge >= 0.3 is 5.97 Å². The molecule has 1 saturated heterocycles. The highest BCUT2D eigenvalue weighted by atomic mass is 31.2. The van der Waals surface area contributed by atoms with Crippen molar-refractivity contribution in [3.63, 3.8) is 0 Å². The van der Waals surface area contributed by atoms with Gasteiger partial charge in [0.2, 0.25) is 0 Å². The highest BCUT2D eigenvalue weighted by molar-refractivity contribution is 7.45. The minimum Gasteiger partial charge on any atom is -0.756 e. The zero-order chi connectivity index (χ0) is 41.0. The van der Waals surface area contributed by atoms with Crippen LogP contribution in [-0.4, -0.2) is 76.3 Å². The third-order valence-electron chi connectivity index (χ3n) is 9.55. The van der Waals surface area contributed by atoms with E-state index < -0.39 is 13.9 Å². The van der Waals surface area contributed by atoms with Crippen LogP contribution in [0, 0.1) is 0 Å². The lowest BCUT2D eigenvalue weighted by Gasteiger charge is -2.28. The SMILES string of the molecule is CCCCCCCC/C=C\CCCCCC/C=C/O[C@H](COC(=O)CCC/C=C\C/C=C\C/C=C\CC1OC1CCCCC)COP(=O)([O-])OCC[N+](C)(C)C. The molecule has 1 aliphatic rings. The zero-order valence-corrected chi connectivity index (χ0v) is 37.2. The maximum atomic E-state index is 12.5. The second-order valence-electron chi connectivity index (χ2n) is 16.1. The number of esters is 1. The van der Waals surface area contributed by atoms with Crippen molar-refractivity contribution < 1.29 is 42.0 Å². The predicted octanol–water partition coefficient (Wildman–Crippen LogP) is 11.6. The Morgan fingerprint density at radius 3 is 1.89 bits per heavy atom. The first-order valence-electron chi connectivity index (χ1n) is 22.2. The molecule has 0 amide bonds. The van der Waals surface area contributed by atoms with Crippen LogP contribution >= 0.6 is 7.82 Å². The number of hydrogen-bond acceptors (Lipinski definition) is 8. The summed E-state index contributed by atoms with van der Waals surface area (Å²) >= 11 is 0. The molecule has 1 heterocycles. The van der Waals surface area contributed by atoms with Crippen molar-refractivity contribution in [3.05, 3.63) is 60.9 Å². The quantitative estimate of drug-likeness (QED) is 0.0115. The lowest BCUT2D eigenvalue weighted by atomic mass is 10.1. The van der Waals surface area contributed by atoms with E-state index in [1.54, 1.807) is 6.26 Å². The molecule has 1 fully saturated rings. The number of allylic oxidation sites excluding steroid dienone is 8. The Morgan fingerprint density at radius 2 is 1.23 bits per heavy atom. The predicted molar refractivity (Wildman–Crippen MR) is 230 cm³/mol. The van der Waals surface area contributed by atoms with Crippen molar-refractivity contribution in [2.24, 2.45) is 0 Å². The number of ether oxygens (including phenoxy) is 3. The fourth-order valence-electron chi connectivity index (χ4n) is 5.90. The minimum absolute atomic E-state index is 0.0124. The average Bonchev–Trinajstić information content (AvgIpc) is 3.91. The van der Waals surface area contributed by atoms with Gasteiger partial charge in [-0.1, -0.05) is 127 Å². The van der Waals surface area contributed by atoms with Gasteiger partial charge in [-0.3, -0.25) is 9.36 Å². The first-order valence-corrected chi connectivity index (χ1v) is 23.6. The molecule has 0 spiro atoms. The van der Waals surface area contributed by atoms with E-state index in [4.69, 9.17) is 23.3 Å². The summed E-state index contributed by atoms with van der Waals surface area (Å²) in [6, 6.07) is 0. The molecule has 0 bridgehead atoms. The molecule has 0 N–H and O–H groups in total. The lowest BCUT2D eigenvalue weighted by molar-refractivity contribution is -0.870. The Morgan fingerprint density at radius 1 is 0.679 bits per heavy atom. The van der Waals surface area contributed by atoms with E-state index in [0.29, 0.717) is 29.7 Å². The number of nitrogens with zero attached hydrogens (tertiary/aromatic N) is 1. The molecule has 0 aromatic carbocycles. The van der Waals surface area contributed by atoms with E-state index in [-0.39, 0.29) is 32.2 Å². The van der Waals surface area contributed by atoms with E-state index in [9.17, 15) is 14.3 Å². The fourth-order valence-corrected chi connectivity index (χ4v) is 6.63. The van der Waals surface area contributed by atoms with Crippen LogP contribution in [0.15, 0.2) is 60.9 Å². The number of phosphoric ester groups is 1. The summed E-state index contributed by atoms with van der Waals surface area (Å²) in [5.74, 6) is -0.353. The van der Waals surface area contributed by atoms with Crippen LogP contribution in [-0.2, 0) is 32.6 Å². The first kappa shape index (κ1) is 52.0. The van der Waals surface area contributed by atoms with Crippen LogP contribution in [0.3, 0.4) is 0 Å². The first-order chi connectivity index (χ1) is 27.1. The van der Waals surface area contributed by atoms with Gasteiger partial charge in [0.25, 0.3) is 7.82 Å². The molecule has 0 radical (unpaired) electrons. The zero-order valence-electron chi connectivity index (χ0n) is 36.3. The highest BCUT2D eigenvalue weighted by Crippen LogP contribution is 2.38. The second-order valence-corrected chi connectivity index (χ2v) is 17.6. The Balaban J connectivity index is 2.29. The second kappa shape index (κ2) is 35.0. The molecule has 324 valence electrons. The molecular formula is C46H82NO8P. The van der Waals surface area contributed by atoms with Gasteiger partial charge in [0, 0.05) is 6.42 Å². The maximum absolute atomic E-state index is 12.5. The van der Waals surface area contributed by atoms with Crippen LogP contribution in [0.25, 0.3) is 0 Å². The van der Waals surface area contributed by atoms with Crippen LogP contribution in [0.1, 0.15) is 162 Å². The molecular weight excluding hydrogens is 725 g/mol. The number of epoxide rings is 1. The van der Waals surface area contributed by atoms with E-state index in [0.717, 1.165) is 51.4 Å². The summed E-state index contributed by atoms with van der Waals surface area (Å²) in [7, 11) is 1.31. The van der Waals surface area contributed by atoms with Gasteiger partial charge in [-0.05, 0) is 83.1 Å². The van der Waals surface area contributed by atoms with E-state index in [2.05, 4.69) is 62.5 Å². The van der Waals surface area contributed by atoms with Crippen LogP contribution in [0.4, 0.5) is 0 Å². The van der Waals surface area contributed by atoms with Gasteiger partial charge < -0.3 is 32.6 Å². The van der Waals surface area contributed by atoms with Gasteiger partial charge in [0.05, 0.1) is 46.2 Å². The van der Waals surface area contributed by atoms with Gasteiger partial charge in [0.15, 0.2) is 6.10 Å². The monoisotopic (exact) mass is 808 g/mol. The summed E-state index contributed by atoms with van der Waals surface area (Å²) in [6.45, 7) is 4.58. The fraction of sp³-hybridized carbons (Fsp3) is 0.761. The minimum atomic E-state index is -4.54. The molecule has 3 unspecified atom stereocenters. The molecule has 0 saturated carbocycles. The number of phosphoric acid groups is 1. The number of rotatable bonds is 39. The van der Waals surface area contributed by atoms with Gasteiger partial charge in [0.1, 0.15) is 19.8 Å². The lowest BCUT2D eigenvalue weighted by Crippen LogP contribution is -2.37. The Bertz CT molecular complexity index is 1140. The largest absolute Gasteiger partial charge is 0.756 e. The number of carbonyl (C=O) groups excluding carboxylic acids is 1. The molecule has 56 heavy (non-hydrogen) atoms. The number of likely N-dealkylation sites (N-methyl/N-ethyl adjacent to an activating group) is 1. The van der Waals surface area contributed by atoms with E-state index in [1.165, 1.54) is 83.5 Å². The maximum Gasteiger partial charge on any atom is 0.305 e. The van der Waals surface area contributed by atoms with Crippen LogP contribution in [0.2, 0.25) is 0 Å². The third-order valence-corrected chi connectivity index (χ3v) is 10.5. The summed E-state index contributed by atoms with van der Waals surface area (Å²) in [5, 5.41) is 0. The van der Waals surface area contributed by atoms with Crippen molar-refractivity contribution in [3.8, 4) is 0 Å². The topological polar surface area (TPSA) is 107 Å². The van der Waals surface area contributed by atoms with Crippen molar-refractivity contribution in [2.45, 2.75) is 180 Å². The Hall–Kier alpha value is -2.00. The van der Waals surface area contributed by atoms with Crippen LogP contribution < -0.4 is 4.89 Å². The van der Waals surface area contributed by atoms with Gasteiger partial charge in [-0.2, -0.15) is 0 Å². The summed E-state index contributed by atoms with van der Waals surface area (Å²) in [4.78, 5) is 24.8. The summed E-state index contributed by atoms with van der Waals surface area (Å²) in [5.41, 5.74) is 0. The van der Waals surface area contributed by atoms with Crippen molar-refractivity contribution in [1.82, 2.24) is 0 Å². The van der Waals surface area contributed by atoms with E-state index >= 15 is 0 Å². The highest BCUT2D eigenvalue weighted by Gasteiger charge is 2.36. The number of hydrogen-bond donors (Lipinski definition) is 0. The third kappa shape index (κ3) is 35.2. The standard InChI is InChI=1S/C46H82NO8P/c1-6-8-10-11-12-13-14-15-16-17-18-21-24-27-30-34-39-51-43(42-54-56(49,50)53-40-38-47(3,4)5)41-52-46(48)37-33-29-26-23-20-19-22-25-28-32-36-45-44(55-45)35-31-9-7-2/h15-16,19,22-23,26,28,32,34,39,43-45H,6-14,17-18,20-21,24-25,27,29-31,33,35-38,40-42H2,1-5H3/b16-15-,22-19-,26-23-,32-28-,39-34+/t43-,44?,45?/m1/s1. The number of quaternary nitrogens is 1. The summed E-state index contributed by atoms with van der Waals surface area (Å²) < 4.78 is 40.0. The van der Waals surface area contributed by atoms with Gasteiger partial charge in [-0.15, -0.1) is 0 Å². The van der Waals surface area contributed by atoms with Crippen LogP contribution in [0.5, 0.6) is 0 Å². The molecule has 10 heteroatoms. The molecule has 9 nitrogen and oxygen atoms in total. The molecule has 4 atom stereocenters. The molecule has 1 rings (SSSR count).